The number of aliphatic hydroxyl groups is 2. The molecule has 2 atom stereocenters. The molecule has 0 spiro atoms. The lowest BCUT2D eigenvalue weighted by atomic mass is 9.99. The molecule has 98 valence electrons. The Balaban J connectivity index is 2.30. The second-order valence-corrected chi connectivity index (χ2v) is 5.12. The lowest BCUT2D eigenvalue weighted by molar-refractivity contribution is 0.0572. The third-order valence-corrected chi connectivity index (χ3v) is 3.44. The Kier molecular flexibility index (Phi) is 3.41. The van der Waals surface area contributed by atoms with Crippen LogP contribution in [0, 0.1) is 20.8 Å². The van der Waals surface area contributed by atoms with Gasteiger partial charge in [0.05, 0.1) is 12.2 Å². The van der Waals surface area contributed by atoms with E-state index in [0.717, 1.165) is 16.7 Å². The molecule has 1 heterocycles. The van der Waals surface area contributed by atoms with Crippen LogP contribution in [0.1, 0.15) is 27.0 Å². The van der Waals surface area contributed by atoms with Gasteiger partial charge in [-0.2, -0.15) is 0 Å². The number of likely N-dealkylation sites (tertiary alicyclic amines) is 1. The summed E-state index contributed by atoms with van der Waals surface area (Å²) >= 11 is 0. The van der Waals surface area contributed by atoms with Crippen LogP contribution in [0.15, 0.2) is 12.1 Å². The van der Waals surface area contributed by atoms with Gasteiger partial charge in [-0.1, -0.05) is 17.7 Å². The van der Waals surface area contributed by atoms with Crippen molar-refractivity contribution in [1.82, 2.24) is 4.90 Å². The Bertz CT molecular complexity index is 451. The average Bonchev–Trinajstić information content (AvgIpc) is 2.57. The van der Waals surface area contributed by atoms with E-state index in [1.165, 1.54) is 4.90 Å². The van der Waals surface area contributed by atoms with Crippen molar-refractivity contribution >= 4 is 5.91 Å². The summed E-state index contributed by atoms with van der Waals surface area (Å²) in [5, 5.41) is 19.0. The van der Waals surface area contributed by atoms with Crippen molar-refractivity contribution in [2.45, 2.75) is 33.0 Å². The van der Waals surface area contributed by atoms with Gasteiger partial charge in [-0.15, -0.1) is 0 Å². The van der Waals surface area contributed by atoms with Gasteiger partial charge in [-0.05, 0) is 31.9 Å². The third kappa shape index (κ3) is 2.26. The minimum atomic E-state index is -0.833. The number of hydrogen-bond acceptors (Lipinski definition) is 3. The molecule has 0 aromatic heterocycles. The molecule has 1 aromatic rings. The topological polar surface area (TPSA) is 60.8 Å². The number of hydrogen-bond donors (Lipinski definition) is 2. The van der Waals surface area contributed by atoms with Gasteiger partial charge in [0.25, 0.3) is 5.91 Å². The molecule has 0 saturated carbocycles. The molecule has 1 aromatic carbocycles. The van der Waals surface area contributed by atoms with Crippen LogP contribution in [0.4, 0.5) is 0 Å². The molecule has 2 unspecified atom stereocenters. The molecule has 1 aliphatic heterocycles. The zero-order valence-corrected chi connectivity index (χ0v) is 11.0. The predicted octanol–water partition coefficient (Wildman–Crippen LogP) is 0.789. The first-order valence-electron chi connectivity index (χ1n) is 6.13. The largest absolute Gasteiger partial charge is 0.388 e. The van der Waals surface area contributed by atoms with E-state index in [1.807, 2.05) is 32.9 Å². The fourth-order valence-electron chi connectivity index (χ4n) is 2.61. The van der Waals surface area contributed by atoms with Crippen molar-refractivity contribution < 1.29 is 15.0 Å². The Labute approximate surface area is 107 Å². The van der Waals surface area contributed by atoms with Gasteiger partial charge in [0.1, 0.15) is 0 Å². The number of aryl methyl sites for hydroxylation is 3. The van der Waals surface area contributed by atoms with Gasteiger partial charge in [-0.25, -0.2) is 0 Å². The molecule has 0 aliphatic carbocycles. The smallest absolute Gasteiger partial charge is 0.254 e. The van der Waals surface area contributed by atoms with Gasteiger partial charge in [0, 0.05) is 18.7 Å². The molecule has 1 saturated heterocycles. The lowest BCUT2D eigenvalue weighted by Crippen LogP contribution is -2.31. The Morgan fingerprint density at radius 1 is 1.11 bits per heavy atom. The highest BCUT2D eigenvalue weighted by Gasteiger charge is 2.33. The number of β-amino-alcohol motifs (C(OH)–C–C–N with tert-alkyl or cyclic N) is 2. The van der Waals surface area contributed by atoms with E-state index in [-0.39, 0.29) is 19.0 Å². The average molecular weight is 249 g/mol. The van der Waals surface area contributed by atoms with Crippen LogP contribution < -0.4 is 0 Å². The normalized spacial score (nSPS) is 23.5. The summed E-state index contributed by atoms with van der Waals surface area (Å²) in [5.74, 6) is -0.111. The fourth-order valence-corrected chi connectivity index (χ4v) is 2.61. The zero-order valence-electron chi connectivity index (χ0n) is 11.0. The highest BCUT2D eigenvalue weighted by Crippen LogP contribution is 2.21. The van der Waals surface area contributed by atoms with Crippen LogP contribution in [-0.4, -0.2) is 46.3 Å². The molecular formula is C14H19NO3. The SMILES string of the molecule is Cc1cc(C)c(C(=O)N2CC(O)C(O)C2)c(C)c1. The maximum atomic E-state index is 12.4. The number of benzene rings is 1. The van der Waals surface area contributed by atoms with Crippen LogP contribution in [0.25, 0.3) is 0 Å². The predicted molar refractivity (Wildman–Crippen MR) is 68.6 cm³/mol. The monoisotopic (exact) mass is 249 g/mol. The van der Waals surface area contributed by atoms with Crippen molar-refractivity contribution in [1.29, 1.82) is 0 Å². The minimum absolute atomic E-state index is 0.111. The van der Waals surface area contributed by atoms with Gasteiger partial charge < -0.3 is 15.1 Å². The van der Waals surface area contributed by atoms with Gasteiger partial charge in [-0.3, -0.25) is 4.79 Å². The Morgan fingerprint density at radius 2 is 1.56 bits per heavy atom. The first-order valence-corrected chi connectivity index (χ1v) is 6.13. The molecular weight excluding hydrogens is 230 g/mol. The summed E-state index contributed by atoms with van der Waals surface area (Å²) in [6.45, 7) is 6.23. The lowest BCUT2D eigenvalue weighted by Gasteiger charge is -2.19. The molecule has 2 N–H and O–H groups in total. The molecule has 18 heavy (non-hydrogen) atoms. The second-order valence-electron chi connectivity index (χ2n) is 5.12. The maximum Gasteiger partial charge on any atom is 0.254 e. The third-order valence-electron chi connectivity index (χ3n) is 3.44. The van der Waals surface area contributed by atoms with Gasteiger partial charge in [0.2, 0.25) is 0 Å². The molecule has 4 heteroatoms. The zero-order chi connectivity index (χ0) is 13.4. The van der Waals surface area contributed by atoms with Crippen molar-refractivity contribution in [2.75, 3.05) is 13.1 Å². The van der Waals surface area contributed by atoms with Crippen LogP contribution in [0.2, 0.25) is 0 Å². The minimum Gasteiger partial charge on any atom is -0.388 e. The summed E-state index contributed by atoms with van der Waals surface area (Å²) in [5.41, 5.74) is 3.69. The van der Waals surface area contributed by atoms with Crippen LogP contribution in [-0.2, 0) is 0 Å². The first-order chi connectivity index (χ1) is 8.40. The Hall–Kier alpha value is -1.39. The standard InChI is InChI=1S/C14H19NO3/c1-8-4-9(2)13(10(3)5-8)14(18)15-6-11(16)12(17)7-15/h4-5,11-12,16-17H,6-7H2,1-3H3. The van der Waals surface area contributed by atoms with Crippen LogP contribution in [0.5, 0.6) is 0 Å². The fraction of sp³-hybridized carbons (Fsp3) is 0.500. The van der Waals surface area contributed by atoms with Crippen molar-refractivity contribution in [3.63, 3.8) is 0 Å². The number of amides is 1. The van der Waals surface area contributed by atoms with Crippen LogP contribution in [0.3, 0.4) is 0 Å². The summed E-state index contributed by atoms with van der Waals surface area (Å²) in [6, 6.07) is 3.95. The molecule has 1 amide bonds. The van der Waals surface area contributed by atoms with Gasteiger partial charge >= 0.3 is 0 Å². The summed E-state index contributed by atoms with van der Waals surface area (Å²) < 4.78 is 0. The van der Waals surface area contributed by atoms with Crippen molar-refractivity contribution in [2.24, 2.45) is 0 Å². The number of carbonyl (C=O) groups is 1. The highest BCUT2D eigenvalue weighted by molar-refractivity contribution is 5.97. The van der Waals surface area contributed by atoms with E-state index in [2.05, 4.69) is 0 Å². The quantitative estimate of drug-likeness (QED) is 0.773. The second kappa shape index (κ2) is 4.71. The maximum absolute atomic E-state index is 12.4. The van der Waals surface area contributed by atoms with E-state index >= 15 is 0 Å². The Morgan fingerprint density at radius 3 is 2.00 bits per heavy atom. The summed E-state index contributed by atoms with van der Waals surface area (Å²) in [6.07, 6.45) is -1.67. The summed E-state index contributed by atoms with van der Waals surface area (Å²) in [4.78, 5) is 13.9. The molecule has 0 bridgehead atoms. The number of aliphatic hydroxyl groups excluding tert-OH is 2. The number of rotatable bonds is 1. The van der Waals surface area contributed by atoms with Crippen molar-refractivity contribution in [3.05, 3.63) is 34.4 Å². The molecule has 4 nitrogen and oxygen atoms in total. The van der Waals surface area contributed by atoms with E-state index in [1.54, 1.807) is 0 Å². The van der Waals surface area contributed by atoms with E-state index in [9.17, 15) is 15.0 Å². The van der Waals surface area contributed by atoms with Gasteiger partial charge in [0.15, 0.2) is 0 Å². The number of carbonyl (C=O) groups excluding carboxylic acids is 1. The first kappa shape index (κ1) is 13.1. The molecule has 0 radical (unpaired) electrons. The molecule has 1 fully saturated rings. The van der Waals surface area contributed by atoms with E-state index < -0.39 is 12.2 Å². The summed E-state index contributed by atoms with van der Waals surface area (Å²) in [7, 11) is 0. The van der Waals surface area contributed by atoms with E-state index in [0.29, 0.717) is 5.56 Å². The molecule has 2 rings (SSSR count). The van der Waals surface area contributed by atoms with Crippen molar-refractivity contribution in [3.8, 4) is 0 Å². The van der Waals surface area contributed by atoms with E-state index in [4.69, 9.17) is 0 Å². The molecule has 1 aliphatic rings. The van der Waals surface area contributed by atoms with Crippen LogP contribution >= 0.6 is 0 Å². The highest BCUT2D eigenvalue weighted by atomic mass is 16.3. The number of nitrogens with zero attached hydrogens (tertiary/aromatic N) is 1.